The monoisotopic (exact) mass is 311 g/mol. The van der Waals surface area contributed by atoms with Crippen LogP contribution >= 0.6 is 0 Å². The average molecular weight is 311 g/mol. The SMILES string of the molecule is CC(C)C1=CC(C2C=CCCC2)NC1C1CC2=C(CCC=C2)O1. The number of allylic oxidation sites excluding steroid dienone is 4. The van der Waals surface area contributed by atoms with Crippen LogP contribution in [0.5, 0.6) is 0 Å². The molecular formula is C21H29NO. The van der Waals surface area contributed by atoms with Gasteiger partial charge in [-0.15, -0.1) is 0 Å². The second-order valence-corrected chi connectivity index (χ2v) is 7.76. The molecule has 4 unspecified atom stereocenters. The van der Waals surface area contributed by atoms with Crippen LogP contribution in [0, 0.1) is 11.8 Å². The predicted octanol–water partition coefficient (Wildman–Crippen LogP) is 4.66. The Morgan fingerprint density at radius 3 is 2.87 bits per heavy atom. The number of rotatable bonds is 3. The smallest absolute Gasteiger partial charge is 0.121 e. The van der Waals surface area contributed by atoms with E-state index in [1.807, 2.05) is 0 Å². The molecule has 2 heterocycles. The van der Waals surface area contributed by atoms with Gasteiger partial charge in [0.2, 0.25) is 0 Å². The minimum Gasteiger partial charge on any atom is -0.492 e. The van der Waals surface area contributed by atoms with Crippen LogP contribution in [0.4, 0.5) is 0 Å². The predicted molar refractivity (Wildman–Crippen MR) is 95.0 cm³/mol. The maximum atomic E-state index is 6.37. The molecule has 0 saturated carbocycles. The minimum absolute atomic E-state index is 0.286. The minimum atomic E-state index is 0.286. The molecule has 1 N–H and O–H groups in total. The molecule has 4 atom stereocenters. The molecule has 2 nitrogen and oxygen atoms in total. The van der Waals surface area contributed by atoms with Crippen molar-refractivity contribution in [2.75, 3.05) is 0 Å². The lowest BCUT2D eigenvalue weighted by molar-refractivity contribution is 0.108. The van der Waals surface area contributed by atoms with E-state index >= 15 is 0 Å². The Morgan fingerprint density at radius 1 is 1.22 bits per heavy atom. The van der Waals surface area contributed by atoms with E-state index in [4.69, 9.17) is 4.74 Å². The Balaban J connectivity index is 1.50. The Kier molecular flexibility index (Phi) is 4.19. The van der Waals surface area contributed by atoms with Crippen molar-refractivity contribution >= 4 is 0 Å². The van der Waals surface area contributed by atoms with E-state index in [0.29, 0.717) is 23.9 Å². The summed E-state index contributed by atoms with van der Waals surface area (Å²) in [5.41, 5.74) is 3.00. The first-order valence-electron chi connectivity index (χ1n) is 9.42. The van der Waals surface area contributed by atoms with E-state index in [0.717, 1.165) is 19.3 Å². The van der Waals surface area contributed by atoms with Crippen molar-refractivity contribution in [3.63, 3.8) is 0 Å². The summed E-state index contributed by atoms with van der Waals surface area (Å²) >= 11 is 0. The van der Waals surface area contributed by atoms with Crippen LogP contribution in [0.15, 0.2) is 47.3 Å². The summed E-state index contributed by atoms with van der Waals surface area (Å²) in [6, 6.07) is 0.875. The van der Waals surface area contributed by atoms with Gasteiger partial charge in [0.15, 0.2) is 0 Å². The molecule has 2 aliphatic heterocycles. The summed E-state index contributed by atoms with van der Waals surface area (Å²) in [4.78, 5) is 0. The van der Waals surface area contributed by atoms with Gasteiger partial charge < -0.3 is 10.1 Å². The zero-order valence-corrected chi connectivity index (χ0v) is 14.4. The highest BCUT2D eigenvalue weighted by atomic mass is 16.5. The third kappa shape index (κ3) is 2.94. The topological polar surface area (TPSA) is 21.3 Å². The number of nitrogens with one attached hydrogen (secondary N) is 1. The molecule has 0 fully saturated rings. The van der Waals surface area contributed by atoms with Gasteiger partial charge in [-0.3, -0.25) is 0 Å². The Labute approximate surface area is 140 Å². The van der Waals surface area contributed by atoms with Crippen LogP contribution in [-0.4, -0.2) is 18.2 Å². The number of hydrogen-bond donors (Lipinski definition) is 1. The molecule has 0 radical (unpaired) electrons. The molecule has 0 saturated heterocycles. The second kappa shape index (κ2) is 6.32. The lowest BCUT2D eigenvalue weighted by atomic mass is 9.88. The quantitative estimate of drug-likeness (QED) is 0.766. The number of ether oxygens (including phenoxy) is 1. The van der Waals surface area contributed by atoms with E-state index in [1.165, 1.54) is 30.6 Å². The Morgan fingerprint density at radius 2 is 2.13 bits per heavy atom. The molecule has 4 rings (SSSR count). The van der Waals surface area contributed by atoms with Crippen molar-refractivity contribution in [1.29, 1.82) is 0 Å². The van der Waals surface area contributed by atoms with Crippen molar-refractivity contribution in [3.8, 4) is 0 Å². The highest BCUT2D eigenvalue weighted by Crippen LogP contribution is 2.38. The largest absolute Gasteiger partial charge is 0.492 e. The van der Waals surface area contributed by atoms with E-state index in [9.17, 15) is 0 Å². The standard InChI is InChI=1S/C21H29NO/c1-14(2)17-13-18(15-8-4-3-5-9-15)22-21(17)20-12-16-10-6-7-11-19(16)23-20/h4,6,8,10,13-15,18,20-22H,3,5,7,9,11-12H2,1-2H3. The van der Waals surface area contributed by atoms with Gasteiger partial charge in [0.1, 0.15) is 11.9 Å². The highest BCUT2D eigenvalue weighted by molar-refractivity contribution is 5.34. The fraction of sp³-hybridized carbons (Fsp3) is 0.619. The van der Waals surface area contributed by atoms with E-state index in [1.54, 1.807) is 5.57 Å². The maximum absolute atomic E-state index is 6.37. The van der Waals surface area contributed by atoms with Gasteiger partial charge in [0.05, 0.1) is 6.04 Å². The second-order valence-electron chi connectivity index (χ2n) is 7.76. The molecule has 2 heteroatoms. The van der Waals surface area contributed by atoms with Crippen LogP contribution < -0.4 is 5.32 Å². The molecule has 0 bridgehead atoms. The van der Waals surface area contributed by atoms with Crippen molar-refractivity contribution in [1.82, 2.24) is 5.32 Å². The summed E-state index contributed by atoms with van der Waals surface area (Å²) in [5.74, 6) is 2.50. The Bertz CT molecular complexity index is 581. The van der Waals surface area contributed by atoms with E-state index in [2.05, 4.69) is 49.5 Å². The van der Waals surface area contributed by atoms with Gasteiger partial charge in [-0.25, -0.2) is 0 Å². The van der Waals surface area contributed by atoms with Crippen molar-refractivity contribution < 1.29 is 4.74 Å². The first-order valence-corrected chi connectivity index (χ1v) is 9.42. The summed E-state index contributed by atoms with van der Waals surface area (Å²) < 4.78 is 6.37. The molecule has 0 amide bonds. The summed E-state index contributed by atoms with van der Waals surface area (Å²) in [6.45, 7) is 4.64. The molecule has 0 aromatic rings. The molecular weight excluding hydrogens is 282 g/mol. The molecule has 0 aromatic heterocycles. The fourth-order valence-electron chi connectivity index (χ4n) is 4.56. The van der Waals surface area contributed by atoms with Gasteiger partial charge in [0, 0.05) is 18.9 Å². The fourth-order valence-corrected chi connectivity index (χ4v) is 4.56. The summed E-state index contributed by atoms with van der Waals surface area (Å²) in [6.07, 6.45) is 19.4. The normalized spacial score (nSPS) is 36.4. The zero-order chi connectivity index (χ0) is 15.8. The van der Waals surface area contributed by atoms with Crippen LogP contribution in [-0.2, 0) is 4.74 Å². The molecule has 0 aromatic carbocycles. The van der Waals surface area contributed by atoms with Gasteiger partial charge in [-0.05, 0) is 48.7 Å². The average Bonchev–Trinajstić information content (AvgIpc) is 3.19. The lowest BCUT2D eigenvalue weighted by Crippen LogP contribution is -2.44. The van der Waals surface area contributed by atoms with Crippen LogP contribution in [0.2, 0.25) is 0 Å². The maximum Gasteiger partial charge on any atom is 0.121 e. The third-order valence-corrected chi connectivity index (χ3v) is 5.82. The van der Waals surface area contributed by atoms with Gasteiger partial charge in [-0.1, -0.05) is 44.2 Å². The van der Waals surface area contributed by atoms with Gasteiger partial charge in [-0.2, -0.15) is 0 Å². The van der Waals surface area contributed by atoms with Gasteiger partial charge >= 0.3 is 0 Å². The summed E-state index contributed by atoms with van der Waals surface area (Å²) in [7, 11) is 0. The zero-order valence-electron chi connectivity index (χ0n) is 14.4. The van der Waals surface area contributed by atoms with Crippen molar-refractivity contribution in [2.45, 2.75) is 70.6 Å². The molecule has 2 aliphatic carbocycles. The Hall–Kier alpha value is -1.28. The van der Waals surface area contributed by atoms with Crippen molar-refractivity contribution in [2.24, 2.45) is 11.8 Å². The molecule has 23 heavy (non-hydrogen) atoms. The highest BCUT2D eigenvalue weighted by Gasteiger charge is 2.40. The van der Waals surface area contributed by atoms with Crippen LogP contribution in [0.3, 0.4) is 0 Å². The van der Waals surface area contributed by atoms with Crippen LogP contribution in [0.1, 0.15) is 52.4 Å². The lowest BCUT2D eigenvalue weighted by Gasteiger charge is -2.28. The first kappa shape index (κ1) is 15.3. The third-order valence-electron chi connectivity index (χ3n) is 5.82. The van der Waals surface area contributed by atoms with E-state index in [-0.39, 0.29) is 6.10 Å². The van der Waals surface area contributed by atoms with Gasteiger partial charge in [0.25, 0.3) is 0 Å². The first-order chi connectivity index (χ1) is 11.2. The molecule has 4 aliphatic rings. The molecule has 124 valence electrons. The van der Waals surface area contributed by atoms with E-state index < -0.39 is 0 Å². The van der Waals surface area contributed by atoms with Crippen molar-refractivity contribution in [3.05, 3.63) is 47.3 Å². The number of hydrogen-bond acceptors (Lipinski definition) is 2. The molecule has 0 spiro atoms. The summed E-state index contributed by atoms with van der Waals surface area (Å²) in [5, 5.41) is 3.92. The van der Waals surface area contributed by atoms with Crippen LogP contribution in [0.25, 0.3) is 0 Å².